The number of amides is 1. The molecule has 6 nitrogen and oxygen atoms in total. The van der Waals surface area contributed by atoms with Crippen molar-refractivity contribution in [2.24, 2.45) is 0 Å². The zero-order valence-electron chi connectivity index (χ0n) is 17.6. The molecule has 2 unspecified atom stereocenters. The molecule has 1 saturated carbocycles. The van der Waals surface area contributed by atoms with Crippen molar-refractivity contribution in [2.45, 2.75) is 69.4 Å². The van der Waals surface area contributed by atoms with Crippen LogP contribution in [0.25, 0.3) is 11.4 Å². The Labute approximate surface area is 181 Å². The molecule has 0 spiro atoms. The topological polar surface area (TPSA) is 60.2 Å². The predicted octanol–water partition coefficient (Wildman–Crippen LogP) is 4.32. The summed E-state index contributed by atoms with van der Waals surface area (Å²) in [4.78, 5) is 14.7. The minimum atomic E-state index is -0.300. The lowest BCUT2D eigenvalue weighted by atomic mass is 9.95. The minimum Gasteiger partial charge on any atom is -0.372 e. The number of hydrogen-bond acceptors (Lipinski definition) is 5. The van der Waals surface area contributed by atoms with Crippen LogP contribution in [0.4, 0.5) is 4.39 Å². The van der Waals surface area contributed by atoms with Gasteiger partial charge in [0.1, 0.15) is 5.82 Å². The van der Waals surface area contributed by atoms with Crippen molar-refractivity contribution < 1.29 is 13.9 Å². The second-order valence-corrected chi connectivity index (χ2v) is 9.24. The van der Waals surface area contributed by atoms with Crippen molar-refractivity contribution >= 4 is 17.7 Å². The molecule has 2 aliphatic rings. The first kappa shape index (κ1) is 21.3. The van der Waals surface area contributed by atoms with Crippen LogP contribution >= 0.6 is 11.8 Å². The molecule has 0 bridgehead atoms. The van der Waals surface area contributed by atoms with Crippen LogP contribution in [0.2, 0.25) is 0 Å². The largest absolute Gasteiger partial charge is 0.372 e. The lowest BCUT2D eigenvalue weighted by Gasteiger charge is -2.35. The van der Waals surface area contributed by atoms with Gasteiger partial charge in [-0.05, 0) is 38.8 Å². The van der Waals surface area contributed by atoms with Crippen LogP contribution < -0.4 is 0 Å². The number of thioether (sulfide) groups is 1. The van der Waals surface area contributed by atoms with Crippen LogP contribution in [0.3, 0.4) is 0 Å². The third-order valence-corrected chi connectivity index (χ3v) is 6.74. The molecule has 1 amide bonds. The normalized spacial score (nSPS) is 23.0. The Morgan fingerprint density at radius 2 is 1.83 bits per heavy atom. The van der Waals surface area contributed by atoms with Crippen LogP contribution in [0.15, 0.2) is 29.4 Å². The average Bonchev–Trinajstić information content (AvgIpc) is 3.16. The van der Waals surface area contributed by atoms with Crippen molar-refractivity contribution in [1.29, 1.82) is 0 Å². The van der Waals surface area contributed by atoms with Crippen LogP contribution in [0.5, 0.6) is 0 Å². The zero-order valence-corrected chi connectivity index (χ0v) is 18.4. The van der Waals surface area contributed by atoms with Gasteiger partial charge in [0.15, 0.2) is 11.0 Å². The summed E-state index contributed by atoms with van der Waals surface area (Å²) in [7, 11) is 0. The van der Waals surface area contributed by atoms with Crippen LogP contribution in [-0.4, -0.2) is 56.6 Å². The zero-order chi connectivity index (χ0) is 21.1. The van der Waals surface area contributed by atoms with E-state index in [0.29, 0.717) is 35.4 Å². The van der Waals surface area contributed by atoms with E-state index in [9.17, 15) is 9.18 Å². The highest BCUT2D eigenvalue weighted by atomic mass is 32.2. The van der Waals surface area contributed by atoms with Gasteiger partial charge < -0.3 is 9.64 Å². The van der Waals surface area contributed by atoms with Gasteiger partial charge in [-0.3, -0.25) is 9.36 Å². The second kappa shape index (κ2) is 9.47. The maximum absolute atomic E-state index is 14.5. The van der Waals surface area contributed by atoms with E-state index in [1.165, 1.54) is 24.2 Å². The van der Waals surface area contributed by atoms with E-state index < -0.39 is 0 Å². The first-order chi connectivity index (χ1) is 14.5. The third kappa shape index (κ3) is 4.70. The Bertz CT molecular complexity index is 874. The number of carbonyl (C=O) groups excluding carboxylic acids is 1. The summed E-state index contributed by atoms with van der Waals surface area (Å²) < 4.78 is 22.3. The standard InChI is InChI=1S/C22H29FN4O2S/c1-15-12-26(13-16(2)29-15)20(28)14-30-22-25-24-21(18-10-6-7-11-19(18)23)27(22)17-8-4-3-5-9-17/h6-7,10-11,15-17H,3-5,8-9,12-14H2,1-2H3. The quantitative estimate of drug-likeness (QED) is 0.659. The van der Waals surface area contributed by atoms with Gasteiger partial charge in [0.05, 0.1) is 23.5 Å². The molecule has 0 N–H and O–H groups in total. The molecule has 30 heavy (non-hydrogen) atoms. The van der Waals surface area contributed by atoms with Crippen molar-refractivity contribution in [1.82, 2.24) is 19.7 Å². The van der Waals surface area contributed by atoms with E-state index in [0.717, 1.165) is 25.7 Å². The van der Waals surface area contributed by atoms with Gasteiger partial charge in [-0.15, -0.1) is 10.2 Å². The molecule has 1 aliphatic heterocycles. The van der Waals surface area contributed by atoms with Gasteiger partial charge >= 0.3 is 0 Å². The monoisotopic (exact) mass is 432 g/mol. The highest BCUT2D eigenvalue weighted by Crippen LogP contribution is 2.36. The Morgan fingerprint density at radius 3 is 2.53 bits per heavy atom. The number of nitrogens with zero attached hydrogens (tertiary/aromatic N) is 4. The molecular formula is C22H29FN4O2S. The lowest BCUT2D eigenvalue weighted by molar-refractivity contribution is -0.140. The predicted molar refractivity (Wildman–Crippen MR) is 115 cm³/mol. The minimum absolute atomic E-state index is 0.0428. The maximum Gasteiger partial charge on any atom is 0.233 e. The summed E-state index contributed by atoms with van der Waals surface area (Å²) in [6.07, 6.45) is 5.65. The van der Waals surface area contributed by atoms with E-state index in [2.05, 4.69) is 14.8 Å². The van der Waals surface area contributed by atoms with Gasteiger partial charge in [-0.25, -0.2) is 4.39 Å². The van der Waals surface area contributed by atoms with Crippen LogP contribution in [-0.2, 0) is 9.53 Å². The van der Waals surface area contributed by atoms with Gasteiger partial charge in [-0.2, -0.15) is 0 Å². The Hall–Kier alpha value is -1.93. The van der Waals surface area contributed by atoms with Crippen LogP contribution in [0, 0.1) is 5.82 Å². The fourth-order valence-corrected chi connectivity index (χ4v) is 5.38. The average molecular weight is 433 g/mol. The van der Waals surface area contributed by atoms with Crippen molar-refractivity contribution in [3.8, 4) is 11.4 Å². The number of aromatic nitrogens is 3. The first-order valence-corrected chi connectivity index (χ1v) is 11.8. The number of benzene rings is 1. The molecule has 2 aromatic rings. The van der Waals surface area contributed by atoms with Crippen molar-refractivity contribution in [3.05, 3.63) is 30.1 Å². The molecule has 4 rings (SSSR count). The molecule has 8 heteroatoms. The van der Waals surface area contributed by atoms with Gasteiger partial charge in [0, 0.05) is 19.1 Å². The second-order valence-electron chi connectivity index (χ2n) is 8.29. The summed E-state index contributed by atoms with van der Waals surface area (Å²) >= 11 is 1.40. The third-order valence-electron chi connectivity index (χ3n) is 5.82. The molecule has 1 aromatic carbocycles. The number of halogens is 1. The van der Waals surface area contributed by atoms with Gasteiger partial charge in [0.25, 0.3) is 0 Å². The lowest BCUT2D eigenvalue weighted by Crippen LogP contribution is -2.48. The van der Waals surface area contributed by atoms with E-state index >= 15 is 0 Å². The molecule has 2 fully saturated rings. The van der Waals surface area contributed by atoms with Gasteiger partial charge in [0.2, 0.25) is 5.91 Å². The highest BCUT2D eigenvalue weighted by Gasteiger charge is 2.28. The van der Waals surface area contributed by atoms with Gasteiger partial charge in [-0.1, -0.05) is 43.2 Å². The maximum atomic E-state index is 14.5. The Kier molecular flexibility index (Phi) is 6.73. The number of ether oxygens (including phenoxy) is 1. The van der Waals surface area contributed by atoms with E-state index in [4.69, 9.17) is 4.74 Å². The fourth-order valence-electron chi connectivity index (χ4n) is 4.47. The molecule has 1 saturated heterocycles. The molecule has 1 aliphatic carbocycles. The van der Waals surface area contributed by atoms with Crippen molar-refractivity contribution in [2.75, 3.05) is 18.8 Å². The molecule has 2 heterocycles. The molecule has 2 atom stereocenters. The summed E-state index contributed by atoms with van der Waals surface area (Å²) in [5.74, 6) is 0.628. The van der Waals surface area contributed by atoms with Crippen LogP contribution in [0.1, 0.15) is 52.0 Å². The molecule has 0 radical (unpaired) electrons. The van der Waals surface area contributed by atoms with Crippen molar-refractivity contribution in [3.63, 3.8) is 0 Å². The molecular weight excluding hydrogens is 403 g/mol. The smallest absolute Gasteiger partial charge is 0.233 e. The number of hydrogen-bond donors (Lipinski definition) is 0. The van der Waals surface area contributed by atoms with E-state index in [1.54, 1.807) is 12.1 Å². The van der Waals surface area contributed by atoms with E-state index in [1.807, 2.05) is 24.8 Å². The Balaban J connectivity index is 1.55. The van der Waals surface area contributed by atoms with E-state index in [-0.39, 0.29) is 30.0 Å². The first-order valence-electron chi connectivity index (χ1n) is 10.8. The summed E-state index contributed by atoms with van der Waals surface area (Å²) in [6.45, 7) is 5.20. The molecule has 1 aromatic heterocycles. The SMILES string of the molecule is CC1CN(C(=O)CSc2nnc(-c3ccccc3F)n2C2CCCCC2)CC(C)O1. The molecule has 162 valence electrons. The summed E-state index contributed by atoms with van der Waals surface area (Å²) in [5.41, 5.74) is 0.463. The number of rotatable bonds is 5. The highest BCUT2D eigenvalue weighted by molar-refractivity contribution is 7.99. The summed E-state index contributed by atoms with van der Waals surface area (Å²) in [6, 6.07) is 6.93. The number of carbonyl (C=O) groups is 1. The summed E-state index contributed by atoms with van der Waals surface area (Å²) in [5, 5.41) is 9.41. The fraction of sp³-hybridized carbons (Fsp3) is 0.591. The number of morpholine rings is 1. The Morgan fingerprint density at radius 1 is 1.13 bits per heavy atom.